The molecule has 3 heterocycles. The highest BCUT2D eigenvalue weighted by molar-refractivity contribution is 5.90. The largest absolute Gasteiger partial charge is 0.447 e. The molecule has 3 aromatic rings. The molecular weight excluding hydrogens is 351 g/mol. The lowest BCUT2D eigenvalue weighted by Gasteiger charge is -2.22. The molecule has 4 rings (SSSR count). The van der Waals surface area contributed by atoms with Crippen LogP contribution in [0.15, 0.2) is 48.8 Å². The molecule has 0 unspecified atom stereocenters. The summed E-state index contributed by atoms with van der Waals surface area (Å²) >= 11 is 0. The molecule has 0 spiro atoms. The van der Waals surface area contributed by atoms with Gasteiger partial charge in [0, 0.05) is 31.2 Å². The van der Waals surface area contributed by atoms with Gasteiger partial charge in [0.25, 0.3) is 0 Å². The average molecular weight is 368 g/mol. The fourth-order valence-corrected chi connectivity index (χ4v) is 3.19. The number of nitrogens with one attached hydrogen (secondary N) is 1. The number of carbonyl (C=O) groups excluding carboxylic acids is 2. The SMILES string of the molecule is CC(=O)NC[C@H]1COC(=O)N1c1ccc(-n2ccc3cccnc32)c(F)c1. The van der Waals surface area contributed by atoms with Crippen molar-refractivity contribution >= 4 is 28.7 Å². The van der Waals surface area contributed by atoms with Gasteiger partial charge in [0.2, 0.25) is 5.91 Å². The number of hydrogen-bond donors (Lipinski definition) is 1. The van der Waals surface area contributed by atoms with E-state index in [9.17, 15) is 14.0 Å². The van der Waals surface area contributed by atoms with Crippen LogP contribution in [0.25, 0.3) is 16.7 Å². The summed E-state index contributed by atoms with van der Waals surface area (Å²) in [6.07, 6.45) is 2.84. The van der Waals surface area contributed by atoms with Crippen LogP contribution in [0.1, 0.15) is 6.92 Å². The predicted octanol–water partition coefficient (Wildman–Crippen LogP) is 2.63. The normalized spacial score (nSPS) is 16.6. The van der Waals surface area contributed by atoms with Crippen LogP contribution in [0, 0.1) is 5.82 Å². The Hall–Kier alpha value is -3.42. The van der Waals surface area contributed by atoms with Gasteiger partial charge >= 0.3 is 6.09 Å². The molecule has 138 valence electrons. The number of amides is 2. The van der Waals surface area contributed by atoms with Crippen LogP contribution in [-0.4, -0.2) is 40.7 Å². The maximum Gasteiger partial charge on any atom is 0.414 e. The molecule has 2 aromatic heterocycles. The highest BCUT2D eigenvalue weighted by Gasteiger charge is 2.34. The molecule has 1 atom stereocenters. The Balaban J connectivity index is 1.67. The third-order valence-corrected chi connectivity index (χ3v) is 4.46. The van der Waals surface area contributed by atoms with E-state index in [1.165, 1.54) is 17.9 Å². The molecule has 1 saturated heterocycles. The van der Waals surface area contributed by atoms with Crippen LogP contribution in [0.5, 0.6) is 0 Å². The highest BCUT2D eigenvalue weighted by atomic mass is 19.1. The number of aromatic nitrogens is 2. The lowest BCUT2D eigenvalue weighted by molar-refractivity contribution is -0.119. The molecule has 0 radical (unpaired) electrons. The maximum atomic E-state index is 14.9. The Morgan fingerprint density at radius 2 is 2.22 bits per heavy atom. The van der Waals surface area contributed by atoms with Crippen molar-refractivity contribution in [2.75, 3.05) is 18.1 Å². The Morgan fingerprint density at radius 1 is 1.37 bits per heavy atom. The number of carbonyl (C=O) groups is 2. The van der Waals surface area contributed by atoms with Crippen molar-refractivity contribution in [3.8, 4) is 5.69 Å². The second kappa shape index (κ2) is 6.71. The molecule has 27 heavy (non-hydrogen) atoms. The van der Waals surface area contributed by atoms with Gasteiger partial charge in [-0.25, -0.2) is 14.2 Å². The van der Waals surface area contributed by atoms with Crippen molar-refractivity contribution in [3.05, 3.63) is 54.6 Å². The summed E-state index contributed by atoms with van der Waals surface area (Å²) in [5, 5.41) is 3.56. The average Bonchev–Trinajstić information content (AvgIpc) is 3.23. The monoisotopic (exact) mass is 368 g/mol. The van der Waals surface area contributed by atoms with Gasteiger partial charge in [-0.05, 0) is 36.4 Å². The van der Waals surface area contributed by atoms with Gasteiger partial charge in [0.1, 0.15) is 18.1 Å². The number of halogens is 1. The van der Waals surface area contributed by atoms with E-state index in [1.807, 2.05) is 18.2 Å². The minimum absolute atomic E-state index is 0.134. The fourth-order valence-electron chi connectivity index (χ4n) is 3.19. The number of benzene rings is 1. The molecular formula is C19H17FN4O3. The first kappa shape index (κ1) is 17.0. The zero-order valence-electron chi connectivity index (χ0n) is 14.6. The summed E-state index contributed by atoms with van der Waals surface area (Å²) in [6, 6.07) is 9.73. The first-order valence-corrected chi connectivity index (χ1v) is 8.47. The fraction of sp³-hybridized carbons (Fsp3) is 0.211. The molecule has 1 fully saturated rings. The lowest BCUT2D eigenvalue weighted by atomic mass is 10.2. The number of rotatable bonds is 4. The Bertz CT molecular complexity index is 1030. The minimum Gasteiger partial charge on any atom is -0.447 e. The zero-order chi connectivity index (χ0) is 19.0. The third kappa shape index (κ3) is 3.10. The number of nitrogens with zero attached hydrogens (tertiary/aromatic N) is 3. The number of hydrogen-bond acceptors (Lipinski definition) is 4. The molecule has 1 N–H and O–H groups in total. The smallest absolute Gasteiger partial charge is 0.414 e. The van der Waals surface area contributed by atoms with E-state index in [0.717, 1.165) is 5.39 Å². The van der Waals surface area contributed by atoms with E-state index in [4.69, 9.17) is 4.74 Å². The maximum absolute atomic E-state index is 14.9. The number of ether oxygens (including phenoxy) is 1. The standard InChI is InChI=1S/C19H17FN4O3/c1-12(25)22-10-15-11-27-19(26)24(15)14-4-5-17(16(20)9-14)23-8-6-13-3-2-7-21-18(13)23/h2-9,15H,10-11H2,1H3,(H,22,25)/t15-/m0/s1. The number of anilines is 1. The minimum atomic E-state index is -0.564. The number of pyridine rings is 1. The van der Waals surface area contributed by atoms with Crippen molar-refractivity contribution in [1.82, 2.24) is 14.9 Å². The predicted molar refractivity (Wildman–Crippen MR) is 97.3 cm³/mol. The van der Waals surface area contributed by atoms with E-state index >= 15 is 0 Å². The van der Waals surface area contributed by atoms with Gasteiger partial charge in [0.05, 0.1) is 17.4 Å². The first-order chi connectivity index (χ1) is 13.0. The van der Waals surface area contributed by atoms with Crippen molar-refractivity contribution in [3.63, 3.8) is 0 Å². The summed E-state index contributed by atoms with van der Waals surface area (Å²) in [7, 11) is 0. The lowest BCUT2D eigenvalue weighted by Crippen LogP contribution is -2.42. The molecule has 1 aliphatic rings. The van der Waals surface area contributed by atoms with Crippen LogP contribution in [0.4, 0.5) is 14.9 Å². The van der Waals surface area contributed by atoms with Gasteiger partial charge in [0.15, 0.2) is 0 Å². The van der Waals surface area contributed by atoms with Crippen molar-refractivity contribution < 1.29 is 18.7 Å². The van der Waals surface area contributed by atoms with Crippen molar-refractivity contribution in [1.29, 1.82) is 0 Å². The van der Waals surface area contributed by atoms with Crippen LogP contribution >= 0.6 is 0 Å². The molecule has 0 saturated carbocycles. The summed E-state index contributed by atoms with van der Waals surface area (Å²) in [5.74, 6) is -0.698. The molecule has 0 bridgehead atoms. The van der Waals surface area contributed by atoms with E-state index in [2.05, 4.69) is 10.3 Å². The molecule has 1 aliphatic heterocycles. The molecule has 7 nitrogen and oxygen atoms in total. The Morgan fingerprint density at radius 3 is 3.00 bits per heavy atom. The van der Waals surface area contributed by atoms with E-state index in [1.54, 1.807) is 29.1 Å². The second-order valence-electron chi connectivity index (χ2n) is 6.28. The molecule has 0 aliphatic carbocycles. The molecule has 2 amide bonds. The number of fused-ring (bicyclic) bond motifs is 1. The Kier molecular flexibility index (Phi) is 4.23. The van der Waals surface area contributed by atoms with Crippen LogP contribution in [0.3, 0.4) is 0 Å². The quantitative estimate of drug-likeness (QED) is 0.768. The molecule has 1 aromatic carbocycles. The van der Waals surface area contributed by atoms with Crippen LogP contribution in [-0.2, 0) is 9.53 Å². The Labute approximate surface area is 154 Å². The van der Waals surface area contributed by atoms with Gasteiger partial charge < -0.3 is 10.1 Å². The van der Waals surface area contributed by atoms with Crippen molar-refractivity contribution in [2.45, 2.75) is 13.0 Å². The van der Waals surface area contributed by atoms with Crippen molar-refractivity contribution in [2.24, 2.45) is 0 Å². The third-order valence-electron chi connectivity index (χ3n) is 4.46. The van der Waals surface area contributed by atoms with Gasteiger partial charge in [-0.2, -0.15) is 0 Å². The summed E-state index contributed by atoms with van der Waals surface area (Å²) in [5.41, 5.74) is 1.35. The van der Waals surface area contributed by atoms with Gasteiger partial charge in [-0.3, -0.25) is 14.3 Å². The summed E-state index contributed by atoms with van der Waals surface area (Å²) in [6.45, 7) is 1.76. The topological polar surface area (TPSA) is 76.5 Å². The summed E-state index contributed by atoms with van der Waals surface area (Å²) < 4.78 is 21.6. The number of cyclic esters (lactones) is 1. The second-order valence-corrected chi connectivity index (χ2v) is 6.28. The summed E-state index contributed by atoms with van der Waals surface area (Å²) in [4.78, 5) is 28.9. The van der Waals surface area contributed by atoms with Crippen LogP contribution < -0.4 is 10.2 Å². The van der Waals surface area contributed by atoms with E-state index in [0.29, 0.717) is 17.0 Å². The van der Waals surface area contributed by atoms with Crippen LogP contribution in [0.2, 0.25) is 0 Å². The molecule has 8 heteroatoms. The highest BCUT2D eigenvalue weighted by Crippen LogP contribution is 2.28. The van der Waals surface area contributed by atoms with E-state index in [-0.39, 0.29) is 25.1 Å². The first-order valence-electron chi connectivity index (χ1n) is 8.47. The van der Waals surface area contributed by atoms with Gasteiger partial charge in [-0.1, -0.05) is 0 Å². The van der Waals surface area contributed by atoms with Gasteiger partial charge in [-0.15, -0.1) is 0 Å². The van der Waals surface area contributed by atoms with E-state index < -0.39 is 11.9 Å². The zero-order valence-corrected chi connectivity index (χ0v) is 14.6.